The molecule has 1 heterocycles. The van der Waals surface area contributed by atoms with Gasteiger partial charge in [0.2, 0.25) is 0 Å². The van der Waals surface area contributed by atoms with Crippen molar-refractivity contribution in [3.8, 4) is 5.75 Å². The van der Waals surface area contributed by atoms with Gasteiger partial charge in [-0.15, -0.1) is 6.58 Å². The summed E-state index contributed by atoms with van der Waals surface area (Å²) in [5.74, 6) is 0.0491. The summed E-state index contributed by atoms with van der Waals surface area (Å²) < 4.78 is 30.5. The molecule has 0 fully saturated rings. The number of aromatic nitrogens is 1. The normalized spacial score (nSPS) is 11.0. The van der Waals surface area contributed by atoms with E-state index in [1.54, 1.807) is 19.1 Å². The van der Waals surface area contributed by atoms with Crippen molar-refractivity contribution in [2.45, 2.75) is 20.0 Å². The van der Waals surface area contributed by atoms with E-state index in [-0.39, 0.29) is 5.75 Å². The Morgan fingerprint density at radius 1 is 1.60 bits per heavy atom. The lowest BCUT2D eigenvalue weighted by Gasteiger charge is -2.13. The Morgan fingerprint density at radius 2 is 2.30 bits per heavy atom. The Hall–Kier alpha value is -2.37. The highest BCUT2D eigenvalue weighted by Crippen LogP contribution is 2.33. The third kappa shape index (κ3) is 2.36. The highest BCUT2D eigenvalue weighted by Gasteiger charge is 2.18. The summed E-state index contributed by atoms with van der Waals surface area (Å²) in [6, 6.07) is 3.00. The Labute approximate surface area is 113 Å². The predicted octanol–water partition coefficient (Wildman–Crippen LogP) is 3.81. The Balaban J connectivity index is 2.74. The van der Waals surface area contributed by atoms with E-state index in [4.69, 9.17) is 5.11 Å². The van der Waals surface area contributed by atoms with Gasteiger partial charge < -0.3 is 9.84 Å². The van der Waals surface area contributed by atoms with Gasteiger partial charge in [0.05, 0.1) is 5.52 Å². The summed E-state index contributed by atoms with van der Waals surface area (Å²) in [5, 5.41) is 9.70. The van der Waals surface area contributed by atoms with Gasteiger partial charge in [0.25, 0.3) is 0 Å². The van der Waals surface area contributed by atoms with Crippen LogP contribution in [0.3, 0.4) is 0 Å². The van der Waals surface area contributed by atoms with Gasteiger partial charge in [-0.3, -0.25) is 4.57 Å². The summed E-state index contributed by atoms with van der Waals surface area (Å²) in [4.78, 5) is 11.2. The lowest BCUT2D eigenvalue weighted by atomic mass is 10.0. The monoisotopic (exact) mass is 281 g/mol. The predicted molar refractivity (Wildman–Crippen MR) is 70.6 cm³/mol. The zero-order valence-corrected chi connectivity index (χ0v) is 10.8. The first-order chi connectivity index (χ1) is 9.45. The molecule has 0 aliphatic rings. The molecule has 1 N–H and O–H groups in total. The lowest BCUT2D eigenvalue weighted by molar-refractivity contribution is -0.0502. The molecule has 0 saturated heterocycles. The zero-order valence-electron chi connectivity index (χ0n) is 10.8. The highest BCUT2D eigenvalue weighted by atomic mass is 19.3. The van der Waals surface area contributed by atoms with E-state index in [2.05, 4.69) is 11.3 Å². The molecule has 2 rings (SSSR count). The van der Waals surface area contributed by atoms with E-state index in [1.807, 2.05) is 0 Å². The van der Waals surface area contributed by atoms with Crippen molar-refractivity contribution in [3.05, 3.63) is 42.1 Å². The molecule has 2 aromatic rings. The number of hydrogen-bond donors (Lipinski definition) is 1. The summed E-state index contributed by atoms with van der Waals surface area (Å²) in [6.45, 7) is 2.30. The van der Waals surface area contributed by atoms with Gasteiger partial charge >= 0.3 is 12.7 Å². The van der Waals surface area contributed by atoms with Crippen LogP contribution in [0, 0.1) is 6.92 Å². The number of carboxylic acid groups (broad SMARTS) is 1. The van der Waals surface area contributed by atoms with Crippen molar-refractivity contribution >= 4 is 17.0 Å². The molecule has 6 heteroatoms. The number of aryl methyl sites for hydroxylation is 1. The van der Waals surface area contributed by atoms with Gasteiger partial charge in [-0.2, -0.15) is 8.78 Å². The number of hydrogen-bond acceptors (Lipinski definition) is 2. The van der Waals surface area contributed by atoms with Gasteiger partial charge in [-0.05, 0) is 31.0 Å². The second-order valence-electron chi connectivity index (χ2n) is 4.27. The number of rotatable bonds is 4. The molecule has 0 aliphatic carbocycles. The molecule has 0 atom stereocenters. The van der Waals surface area contributed by atoms with Crippen LogP contribution >= 0.6 is 0 Å². The molecule has 0 amide bonds. The first kappa shape index (κ1) is 14.0. The van der Waals surface area contributed by atoms with Gasteiger partial charge in [-0.1, -0.05) is 6.08 Å². The maximum atomic E-state index is 12.5. The number of alkyl halides is 2. The fraction of sp³-hybridized carbons (Fsp3) is 0.214. The van der Waals surface area contributed by atoms with Gasteiger partial charge in [0.15, 0.2) is 0 Å². The SMILES string of the molecule is C=CCc1c(OC(F)F)cc(C)c2c1ccn2C(=O)O. The number of benzene rings is 1. The van der Waals surface area contributed by atoms with Crippen LogP contribution in [0.1, 0.15) is 11.1 Å². The molecule has 0 unspecified atom stereocenters. The largest absolute Gasteiger partial charge is 0.464 e. The standard InChI is InChI=1S/C14H13F2NO3/c1-3-4-9-10-5-6-17(14(18)19)12(10)8(2)7-11(9)20-13(15)16/h3,5-7,13H,1,4H2,2H3,(H,18,19). The maximum absolute atomic E-state index is 12.5. The smallest absolute Gasteiger partial charge is 0.416 e. The van der Waals surface area contributed by atoms with Crippen LogP contribution in [0.2, 0.25) is 0 Å². The first-order valence-electron chi connectivity index (χ1n) is 5.88. The van der Waals surface area contributed by atoms with Crippen LogP contribution in [0.4, 0.5) is 13.6 Å². The van der Waals surface area contributed by atoms with Crippen LogP contribution in [0.25, 0.3) is 10.9 Å². The number of allylic oxidation sites excluding steroid dienone is 1. The topological polar surface area (TPSA) is 51.5 Å². The van der Waals surface area contributed by atoms with Gasteiger partial charge in [0, 0.05) is 17.1 Å². The van der Waals surface area contributed by atoms with Crippen molar-refractivity contribution < 1.29 is 23.4 Å². The van der Waals surface area contributed by atoms with Crippen LogP contribution < -0.4 is 4.74 Å². The summed E-state index contributed by atoms with van der Waals surface area (Å²) >= 11 is 0. The van der Waals surface area contributed by atoms with Crippen LogP contribution in [0.5, 0.6) is 5.75 Å². The number of nitrogens with zero attached hydrogens (tertiary/aromatic N) is 1. The van der Waals surface area contributed by atoms with Crippen LogP contribution in [-0.2, 0) is 6.42 Å². The average Bonchev–Trinajstić information content (AvgIpc) is 2.78. The van der Waals surface area contributed by atoms with Crippen molar-refractivity contribution in [1.29, 1.82) is 0 Å². The van der Waals surface area contributed by atoms with E-state index in [0.717, 1.165) is 4.57 Å². The molecule has 0 bridgehead atoms. The molecule has 0 radical (unpaired) electrons. The van der Waals surface area contributed by atoms with E-state index >= 15 is 0 Å². The summed E-state index contributed by atoms with van der Waals surface area (Å²) in [5.41, 5.74) is 1.52. The third-order valence-corrected chi connectivity index (χ3v) is 3.00. The van der Waals surface area contributed by atoms with Gasteiger partial charge in [0.1, 0.15) is 5.75 Å². The van der Waals surface area contributed by atoms with Crippen molar-refractivity contribution in [1.82, 2.24) is 4.57 Å². The molecule has 0 spiro atoms. The number of fused-ring (bicyclic) bond motifs is 1. The number of carbonyl (C=O) groups is 1. The molecule has 1 aromatic heterocycles. The fourth-order valence-electron chi connectivity index (χ4n) is 2.28. The van der Waals surface area contributed by atoms with E-state index in [9.17, 15) is 13.6 Å². The molecule has 1 aromatic carbocycles. The summed E-state index contributed by atoms with van der Waals surface area (Å²) in [6.07, 6.45) is 2.12. The van der Waals surface area contributed by atoms with E-state index < -0.39 is 12.7 Å². The summed E-state index contributed by atoms with van der Waals surface area (Å²) in [7, 11) is 0. The molecule has 106 valence electrons. The highest BCUT2D eigenvalue weighted by molar-refractivity contribution is 5.94. The Kier molecular flexibility index (Phi) is 3.74. The van der Waals surface area contributed by atoms with Gasteiger partial charge in [-0.25, -0.2) is 4.79 Å². The Morgan fingerprint density at radius 3 is 2.85 bits per heavy atom. The van der Waals surface area contributed by atoms with Crippen molar-refractivity contribution in [2.75, 3.05) is 0 Å². The zero-order chi connectivity index (χ0) is 14.9. The van der Waals surface area contributed by atoms with E-state index in [1.165, 1.54) is 12.3 Å². The van der Waals surface area contributed by atoms with Crippen LogP contribution in [-0.4, -0.2) is 22.4 Å². The Bertz CT molecular complexity index is 677. The molecule has 4 nitrogen and oxygen atoms in total. The third-order valence-electron chi connectivity index (χ3n) is 3.00. The quantitative estimate of drug-likeness (QED) is 0.867. The minimum Gasteiger partial charge on any atom is -0.464 e. The first-order valence-corrected chi connectivity index (χ1v) is 5.88. The van der Waals surface area contributed by atoms with Crippen molar-refractivity contribution in [3.63, 3.8) is 0 Å². The van der Waals surface area contributed by atoms with Crippen molar-refractivity contribution in [2.24, 2.45) is 0 Å². The fourth-order valence-corrected chi connectivity index (χ4v) is 2.28. The minimum atomic E-state index is -2.93. The van der Waals surface area contributed by atoms with E-state index in [0.29, 0.717) is 28.5 Å². The number of halogens is 2. The molecular weight excluding hydrogens is 268 g/mol. The second-order valence-corrected chi connectivity index (χ2v) is 4.27. The van der Waals surface area contributed by atoms with Crippen LogP contribution in [0.15, 0.2) is 31.0 Å². The molecule has 0 saturated carbocycles. The molecular formula is C14H13F2NO3. The second kappa shape index (κ2) is 5.32. The molecule has 20 heavy (non-hydrogen) atoms. The maximum Gasteiger partial charge on any atom is 0.416 e. The lowest BCUT2D eigenvalue weighted by Crippen LogP contribution is -2.08. The average molecular weight is 281 g/mol. The number of ether oxygens (including phenoxy) is 1. The minimum absolute atomic E-state index is 0.0491. The molecule has 0 aliphatic heterocycles.